The van der Waals surface area contributed by atoms with E-state index in [1.165, 1.54) is 41.4 Å². The minimum atomic E-state index is 0.585. The SMILES string of the molecule is Cc1ccc(NC(C)C2CCCC2)c(Br)c1. The van der Waals surface area contributed by atoms with Gasteiger partial charge in [0.15, 0.2) is 0 Å². The molecule has 1 saturated carbocycles. The number of hydrogen-bond donors (Lipinski definition) is 1. The fraction of sp³-hybridized carbons (Fsp3) is 0.571. The number of hydrogen-bond acceptors (Lipinski definition) is 1. The van der Waals surface area contributed by atoms with Crippen LogP contribution in [0.3, 0.4) is 0 Å². The molecule has 0 spiro atoms. The van der Waals surface area contributed by atoms with Crippen molar-refractivity contribution in [2.75, 3.05) is 5.32 Å². The Bertz CT molecular complexity index is 356. The molecule has 0 aliphatic heterocycles. The molecule has 88 valence electrons. The van der Waals surface area contributed by atoms with Gasteiger partial charge in [0, 0.05) is 16.2 Å². The summed E-state index contributed by atoms with van der Waals surface area (Å²) in [5.74, 6) is 0.855. The molecule has 1 aromatic rings. The van der Waals surface area contributed by atoms with Gasteiger partial charge in [-0.15, -0.1) is 0 Å². The quantitative estimate of drug-likeness (QED) is 0.843. The molecule has 0 bridgehead atoms. The van der Waals surface area contributed by atoms with Crippen LogP contribution in [-0.4, -0.2) is 6.04 Å². The molecule has 1 aromatic carbocycles. The van der Waals surface area contributed by atoms with Crippen LogP contribution < -0.4 is 5.32 Å². The van der Waals surface area contributed by atoms with Crippen molar-refractivity contribution in [2.45, 2.75) is 45.6 Å². The molecule has 0 saturated heterocycles. The molecule has 16 heavy (non-hydrogen) atoms. The lowest BCUT2D eigenvalue weighted by Gasteiger charge is -2.22. The van der Waals surface area contributed by atoms with Crippen LogP contribution in [0, 0.1) is 12.8 Å². The zero-order valence-electron chi connectivity index (χ0n) is 10.1. The van der Waals surface area contributed by atoms with Crippen LogP contribution in [0.1, 0.15) is 38.2 Å². The average molecular weight is 282 g/mol. The fourth-order valence-corrected chi connectivity index (χ4v) is 3.17. The smallest absolute Gasteiger partial charge is 0.0486 e. The number of halogens is 1. The van der Waals surface area contributed by atoms with Gasteiger partial charge in [0.2, 0.25) is 0 Å². The number of anilines is 1. The third-order valence-electron chi connectivity index (χ3n) is 3.61. The van der Waals surface area contributed by atoms with Crippen molar-refractivity contribution >= 4 is 21.6 Å². The number of nitrogens with one attached hydrogen (secondary N) is 1. The van der Waals surface area contributed by atoms with Crippen molar-refractivity contribution in [3.8, 4) is 0 Å². The highest BCUT2D eigenvalue weighted by atomic mass is 79.9. The Morgan fingerprint density at radius 2 is 2.00 bits per heavy atom. The summed E-state index contributed by atoms with van der Waals surface area (Å²) in [6.45, 7) is 4.43. The lowest BCUT2D eigenvalue weighted by molar-refractivity contribution is 0.482. The molecule has 1 nitrogen and oxygen atoms in total. The molecule has 0 amide bonds. The fourth-order valence-electron chi connectivity index (χ4n) is 2.56. The molecule has 1 N–H and O–H groups in total. The predicted molar refractivity (Wildman–Crippen MR) is 73.9 cm³/mol. The lowest BCUT2D eigenvalue weighted by atomic mass is 9.99. The van der Waals surface area contributed by atoms with Gasteiger partial charge in [-0.25, -0.2) is 0 Å². The summed E-state index contributed by atoms with van der Waals surface area (Å²) in [5, 5.41) is 3.63. The Kier molecular flexibility index (Phi) is 3.91. The normalized spacial score (nSPS) is 18.7. The van der Waals surface area contributed by atoms with Crippen LogP contribution >= 0.6 is 15.9 Å². The minimum absolute atomic E-state index is 0.585. The molecule has 1 atom stereocenters. The maximum atomic E-state index is 3.63. The van der Waals surface area contributed by atoms with Gasteiger partial charge in [-0.1, -0.05) is 18.9 Å². The van der Waals surface area contributed by atoms with Crippen LogP contribution in [0.2, 0.25) is 0 Å². The topological polar surface area (TPSA) is 12.0 Å². The first-order valence-corrected chi connectivity index (χ1v) is 6.99. The first kappa shape index (κ1) is 12.0. The van der Waals surface area contributed by atoms with E-state index in [9.17, 15) is 0 Å². The number of benzene rings is 1. The van der Waals surface area contributed by atoms with Crippen LogP contribution in [-0.2, 0) is 0 Å². The first-order valence-electron chi connectivity index (χ1n) is 6.19. The Morgan fingerprint density at radius 1 is 1.31 bits per heavy atom. The highest BCUT2D eigenvalue weighted by Gasteiger charge is 2.21. The molecular formula is C14H20BrN. The maximum Gasteiger partial charge on any atom is 0.0486 e. The van der Waals surface area contributed by atoms with Crippen LogP contribution in [0.4, 0.5) is 5.69 Å². The molecule has 1 aliphatic rings. The van der Waals surface area contributed by atoms with Gasteiger partial charge in [-0.3, -0.25) is 0 Å². The summed E-state index contributed by atoms with van der Waals surface area (Å²) in [6, 6.07) is 7.09. The third kappa shape index (κ3) is 2.79. The molecule has 0 radical (unpaired) electrons. The Balaban J connectivity index is 2.02. The third-order valence-corrected chi connectivity index (χ3v) is 4.27. The predicted octanol–water partition coefficient (Wildman–Crippen LogP) is 4.75. The summed E-state index contributed by atoms with van der Waals surface area (Å²) >= 11 is 3.62. The highest BCUT2D eigenvalue weighted by Crippen LogP contribution is 2.31. The van der Waals surface area contributed by atoms with Crippen molar-refractivity contribution in [1.29, 1.82) is 0 Å². The van der Waals surface area contributed by atoms with Gasteiger partial charge in [0.05, 0.1) is 0 Å². The van der Waals surface area contributed by atoms with E-state index in [-0.39, 0.29) is 0 Å². The van der Waals surface area contributed by atoms with Gasteiger partial charge < -0.3 is 5.32 Å². The Hall–Kier alpha value is -0.500. The van der Waals surface area contributed by atoms with Crippen LogP contribution in [0.5, 0.6) is 0 Å². The zero-order chi connectivity index (χ0) is 11.5. The molecular weight excluding hydrogens is 262 g/mol. The van der Waals surface area contributed by atoms with Gasteiger partial charge >= 0.3 is 0 Å². The summed E-state index contributed by atoms with van der Waals surface area (Å²) in [5.41, 5.74) is 2.52. The Morgan fingerprint density at radius 3 is 2.62 bits per heavy atom. The second-order valence-corrected chi connectivity index (χ2v) is 5.82. The summed E-state index contributed by atoms with van der Waals surface area (Å²) < 4.78 is 1.18. The van der Waals surface area contributed by atoms with Crippen molar-refractivity contribution in [3.05, 3.63) is 28.2 Å². The monoisotopic (exact) mass is 281 g/mol. The lowest BCUT2D eigenvalue weighted by Crippen LogP contribution is -2.23. The standard InChI is InChI=1S/C14H20BrN/c1-10-7-8-14(13(15)9-10)16-11(2)12-5-3-4-6-12/h7-9,11-12,16H,3-6H2,1-2H3. The molecule has 1 fully saturated rings. The van der Waals surface area contributed by atoms with Crippen molar-refractivity contribution in [1.82, 2.24) is 0 Å². The first-order chi connectivity index (χ1) is 7.66. The van der Waals surface area contributed by atoms with Gasteiger partial charge in [0.1, 0.15) is 0 Å². The second-order valence-electron chi connectivity index (χ2n) is 4.96. The average Bonchev–Trinajstić information content (AvgIpc) is 2.75. The van der Waals surface area contributed by atoms with E-state index in [0.717, 1.165) is 5.92 Å². The molecule has 0 aromatic heterocycles. The van der Waals surface area contributed by atoms with E-state index in [1.807, 2.05) is 0 Å². The minimum Gasteiger partial charge on any atom is -0.381 e. The Labute approximate surface area is 107 Å². The molecule has 2 rings (SSSR count). The van der Waals surface area contributed by atoms with Gasteiger partial charge in [-0.2, -0.15) is 0 Å². The van der Waals surface area contributed by atoms with Gasteiger partial charge in [-0.05, 0) is 66.2 Å². The molecule has 0 heterocycles. The van der Waals surface area contributed by atoms with E-state index in [4.69, 9.17) is 0 Å². The number of rotatable bonds is 3. The van der Waals surface area contributed by atoms with E-state index in [0.29, 0.717) is 6.04 Å². The van der Waals surface area contributed by atoms with Crippen molar-refractivity contribution < 1.29 is 0 Å². The van der Waals surface area contributed by atoms with E-state index < -0.39 is 0 Å². The van der Waals surface area contributed by atoms with Gasteiger partial charge in [0.25, 0.3) is 0 Å². The largest absolute Gasteiger partial charge is 0.381 e. The van der Waals surface area contributed by atoms with Crippen molar-refractivity contribution in [2.24, 2.45) is 5.92 Å². The summed E-state index contributed by atoms with van der Waals surface area (Å²) in [7, 11) is 0. The summed E-state index contributed by atoms with van der Waals surface area (Å²) in [4.78, 5) is 0. The molecule has 1 aliphatic carbocycles. The second kappa shape index (κ2) is 5.22. The highest BCUT2D eigenvalue weighted by molar-refractivity contribution is 9.10. The van der Waals surface area contributed by atoms with Crippen LogP contribution in [0.25, 0.3) is 0 Å². The van der Waals surface area contributed by atoms with Crippen molar-refractivity contribution in [3.63, 3.8) is 0 Å². The summed E-state index contributed by atoms with van der Waals surface area (Å²) in [6.07, 6.45) is 5.59. The van der Waals surface area contributed by atoms with E-state index in [1.54, 1.807) is 0 Å². The zero-order valence-corrected chi connectivity index (χ0v) is 11.7. The van der Waals surface area contributed by atoms with Crippen LogP contribution in [0.15, 0.2) is 22.7 Å². The number of aryl methyl sites for hydroxylation is 1. The molecule has 1 unspecified atom stereocenters. The maximum absolute atomic E-state index is 3.63. The van der Waals surface area contributed by atoms with E-state index in [2.05, 4.69) is 53.3 Å². The molecule has 2 heteroatoms. The van der Waals surface area contributed by atoms with E-state index >= 15 is 0 Å².